The third kappa shape index (κ3) is 4.72. The molecule has 0 aliphatic carbocycles. The van der Waals surface area contributed by atoms with Crippen LogP contribution >= 0.6 is 0 Å². The topological polar surface area (TPSA) is 15.3 Å². The molecule has 0 saturated carbocycles. The van der Waals surface area contributed by atoms with E-state index in [1.54, 1.807) is 0 Å². The van der Waals surface area contributed by atoms with Crippen molar-refractivity contribution in [3.05, 3.63) is 42.0 Å². The van der Waals surface area contributed by atoms with Crippen LogP contribution in [0.15, 0.2) is 36.4 Å². The maximum absolute atomic E-state index is 3.43. The Labute approximate surface area is 104 Å². The fourth-order valence-electron chi connectivity index (χ4n) is 2.17. The van der Waals surface area contributed by atoms with Gasteiger partial charge < -0.3 is 10.2 Å². The van der Waals surface area contributed by atoms with E-state index in [0.29, 0.717) is 0 Å². The molecular weight excluding hydrogens is 208 g/mol. The van der Waals surface area contributed by atoms with Crippen molar-refractivity contribution in [1.29, 1.82) is 0 Å². The van der Waals surface area contributed by atoms with Crippen molar-refractivity contribution in [3.8, 4) is 0 Å². The number of nitrogens with zero attached hydrogens (tertiary/aromatic N) is 1. The molecule has 0 amide bonds. The molecule has 0 atom stereocenters. The molecule has 1 aromatic carbocycles. The molecule has 2 nitrogen and oxygen atoms in total. The van der Waals surface area contributed by atoms with Gasteiger partial charge in [0.2, 0.25) is 0 Å². The molecule has 1 N–H and O–H groups in total. The van der Waals surface area contributed by atoms with E-state index in [-0.39, 0.29) is 0 Å². The van der Waals surface area contributed by atoms with Crippen molar-refractivity contribution in [3.63, 3.8) is 0 Å². The number of hydrogen-bond acceptors (Lipinski definition) is 2. The molecule has 0 aromatic heterocycles. The third-order valence-electron chi connectivity index (χ3n) is 3.15. The van der Waals surface area contributed by atoms with E-state index >= 15 is 0 Å². The van der Waals surface area contributed by atoms with Gasteiger partial charge in [-0.1, -0.05) is 42.5 Å². The molecule has 92 valence electrons. The average molecular weight is 230 g/mol. The van der Waals surface area contributed by atoms with E-state index in [2.05, 4.69) is 52.7 Å². The summed E-state index contributed by atoms with van der Waals surface area (Å²) in [5, 5.41) is 3.43. The Morgan fingerprint density at radius 2 is 2.00 bits per heavy atom. The molecule has 0 spiro atoms. The van der Waals surface area contributed by atoms with E-state index in [1.165, 1.54) is 38.2 Å². The SMILES string of the molecule is C(=C\c1ccccc1)/CCN1CCCNCC1. The van der Waals surface area contributed by atoms with Crippen LogP contribution in [0.2, 0.25) is 0 Å². The summed E-state index contributed by atoms with van der Waals surface area (Å²) in [5.41, 5.74) is 1.30. The zero-order valence-corrected chi connectivity index (χ0v) is 10.4. The molecular formula is C15H22N2. The van der Waals surface area contributed by atoms with Crippen LogP contribution in [0, 0.1) is 0 Å². The van der Waals surface area contributed by atoms with Crippen molar-refractivity contribution < 1.29 is 0 Å². The summed E-state index contributed by atoms with van der Waals surface area (Å²) in [5.74, 6) is 0. The highest BCUT2D eigenvalue weighted by molar-refractivity contribution is 5.48. The predicted octanol–water partition coefficient (Wildman–Crippen LogP) is 2.39. The second-order valence-corrected chi connectivity index (χ2v) is 4.55. The smallest absolute Gasteiger partial charge is 0.0107 e. The minimum absolute atomic E-state index is 1.14. The number of rotatable bonds is 4. The van der Waals surface area contributed by atoms with Crippen LogP contribution in [0.5, 0.6) is 0 Å². The summed E-state index contributed by atoms with van der Waals surface area (Å²) in [6.07, 6.45) is 6.93. The van der Waals surface area contributed by atoms with Gasteiger partial charge in [-0.05, 0) is 31.5 Å². The normalized spacial score (nSPS) is 18.4. The second-order valence-electron chi connectivity index (χ2n) is 4.55. The molecule has 1 aliphatic heterocycles. The molecule has 1 heterocycles. The van der Waals surface area contributed by atoms with Gasteiger partial charge in [-0.25, -0.2) is 0 Å². The predicted molar refractivity (Wildman–Crippen MR) is 74.0 cm³/mol. The van der Waals surface area contributed by atoms with Gasteiger partial charge in [0.1, 0.15) is 0 Å². The molecule has 0 unspecified atom stereocenters. The van der Waals surface area contributed by atoms with Gasteiger partial charge >= 0.3 is 0 Å². The fourth-order valence-corrected chi connectivity index (χ4v) is 2.17. The Morgan fingerprint density at radius 3 is 2.88 bits per heavy atom. The maximum Gasteiger partial charge on any atom is 0.0107 e. The minimum Gasteiger partial charge on any atom is -0.315 e. The van der Waals surface area contributed by atoms with Gasteiger partial charge in [-0.15, -0.1) is 0 Å². The van der Waals surface area contributed by atoms with Crippen LogP contribution < -0.4 is 5.32 Å². The lowest BCUT2D eigenvalue weighted by Gasteiger charge is -2.17. The Balaban J connectivity index is 1.70. The molecule has 17 heavy (non-hydrogen) atoms. The highest BCUT2D eigenvalue weighted by Crippen LogP contribution is 2.03. The van der Waals surface area contributed by atoms with Crippen LogP contribution in [0.25, 0.3) is 6.08 Å². The minimum atomic E-state index is 1.14. The molecule has 0 bridgehead atoms. The number of nitrogens with one attached hydrogen (secondary N) is 1. The standard InChI is InChI=1S/C15H22N2/c1-2-7-15(8-3-1)9-4-5-12-17-13-6-10-16-11-14-17/h1-4,7-9,16H,5-6,10-14H2/b9-4+. The Morgan fingerprint density at radius 1 is 1.12 bits per heavy atom. The molecule has 2 rings (SSSR count). The van der Waals surface area contributed by atoms with Gasteiger partial charge in [-0.2, -0.15) is 0 Å². The summed E-state index contributed by atoms with van der Waals surface area (Å²) >= 11 is 0. The Hall–Kier alpha value is -1.12. The monoisotopic (exact) mass is 230 g/mol. The van der Waals surface area contributed by atoms with Gasteiger partial charge in [0, 0.05) is 19.6 Å². The third-order valence-corrected chi connectivity index (χ3v) is 3.15. The molecule has 1 fully saturated rings. The van der Waals surface area contributed by atoms with Crippen LogP contribution in [-0.2, 0) is 0 Å². The lowest BCUT2D eigenvalue weighted by molar-refractivity contribution is 0.298. The molecule has 2 heteroatoms. The average Bonchev–Trinajstić information content (AvgIpc) is 2.65. The van der Waals surface area contributed by atoms with Crippen LogP contribution in [0.1, 0.15) is 18.4 Å². The number of hydrogen-bond donors (Lipinski definition) is 1. The summed E-state index contributed by atoms with van der Waals surface area (Å²) in [6.45, 7) is 5.94. The largest absolute Gasteiger partial charge is 0.315 e. The van der Waals surface area contributed by atoms with E-state index in [4.69, 9.17) is 0 Å². The lowest BCUT2D eigenvalue weighted by atomic mass is 10.2. The molecule has 1 aliphatic rings. The zero-order valence-electron chi connectivity index (χ0n) is 10.4. The van der Waals surface area contributed by atoms with E-state index in [0.717, 1.165) is 13.0 Å². The molecule has 1 aromatic rings. The van der Waals surface area contributed by atoms with Crippen LogP contribution in [0.4, 0.5) is 0 Å². The maximum atomic E-state index is 3.43. The van der Waals surface area contributed by atoms with Gasteiger partial charge in [-0.3, -0.25) is 0 Å². The van der Waals surface area contributed by atoms with Crippen molar-refractivity contribution in [2.24, 2.45) is 0 Å². The summed E-state index contributed by atoms with van der Waals surface area (Å²) in [7, 11) is 0. The summed E-state index contributed by atoms with van der Waals surface area (Å²) in [4.78, 5) is 2.55. The van der Waals surface area contributed by atoms with Gasteiger partial charge in [0.05, 0.1) is 0 Å². The Kier molecular flexibility index (Phi) is 5.27. The highest BCUT2D eigenvalue weighted by Gasteiger charge is 2.06. The summed E-state index contributed by atoms with van der Waals surface area (Å²) in [6, 6.07) is 10.5. The molecule has 1 saturated heterocycles. The fraction of sp³-hybridized carbons (Fsp3) is 0.467. The van der Waals surface area contributed by atoms with Crippen molar-refractivity contribution in [2.75, 3.05) is 32.7 Å². The molecule has 0 radical (unpaired) electrons. The summed E-state index contributed by atoms with van der Waals surface area (Å²) < 4.78 is 0. The lowest BCUT2D eigenvalue weighted by Crippen LogP contribution is -2.28. The second kappa shape index (κ2) is 7.25. The van der Waals surface area contributed by atoms with Crippen molar-refractivity contribution >= 4 is 6.08 Å². The first-order chi connectivity index (χ1) is 8.45. The van der Waals surface area contributed by atoms with E-state index in [9.17, 15) is 0 Å². The first-order valence-electron chi connectivity index (χ1n) is 6.60. The Bertz CT molecular complexity index is 324. The zero-order chi connectivity index (χ0) is 11.8. The van der Waals surface area contributed by atoms with E-state index < -0.39 is 0 Å². The van der Waals surface area contributed by atoms with Crippen LogP contribution in [-0.4, -0.2) is 37.6 Å². The first kappa shape index (κ1) is 12.3. The van der Waals surface area contributed by atoms with Gasteiger partial charge in [0.25, 0.3) is 0 Å². The first-order valence-corrected chi connectivity index (χ1v) is 6.60. The van der Waals surface area contributed by atoms with Crippen molar-refractivity contribution in [2.45, 2.75) is 12.8 Å². The number of benzene rings is 1. The van der Waals surface area contributed by atoms with Crippen LogP contribution in [0.3, 0.4) is 0 Å². The van der Waals surface area contributed by atoms with Crippen molar-refractivity contribution in [1.82, 2.24) is 10.2 Å². The van der Waals surface area contributed by atoms with Gasteiger partial charge in [0.15, 0.2) is 0 Å². The quantitative estimate of drug-likeness (QED) is 0.854. The highest BCUT2D eigenvalue weighted by atomic mass is 15.1. The van der Waals surface area contributed by atoms with E-state index in [1.807, 2.05) is 0 Å².